The molecule has 2 nitrogen and oxygen atoms in total. The number of ether oxygens (including phenoxy) is 1. The molecule has 0 aromatic carbocycles. The van der Waals surface area contributed by atoms with Crippen LogP contribution in [-0.2, 0) is 9.53 Å². The summed E-state index contributed by atoms with van der Waals surface area (Å²) in [4.78, 5) is 10.2. The zero-order valence-corrected chi connectivity index (χ0v) is 6.64. The molecule has 10 heavy (non-hydrogen) atoms. The van der Waals surface area contributed by atoms with Gasteiger partial charge >= 0.3 is 5.97 Å². The van der Waals surface area contributed by atoms with E-state index in [1.807, 2.05) is 6.92 Å². The van der Waals surface area contributed by atoms with E-state index < -0.39 is 0 Å². The maximum Gasteiger partial charge on any atom is 0.302 e. The maximum absolute atomic E-state index is 10.2. The molecule has 58 valence electrons. The summed E-state index contributed by atoms with van der Waals surface area (Å²) in [7, 11) is 0. The second-order valence-electron chi connectivity index (χ2n) is 2.40. The lowest BCUT2D eigenvalue weighted by Crippen LogP contribution is -2.00. The lowest BCUT2D eigenvalue weighted by molar-refractivity contribution is -0.141. The van der Waals surface area contributed by atoms with Crippen LogP contribution in [-0.4, -0.2) is 12.6 Å². The third kappa shape index (κ3) is 7.21. The monoisotopic (exact) mass is 142 g/mol. The van der Waals surface area contributed by atoms with E-state index in [2.05, 4.69) is 6.58 Å². The fraction of sp³-hybridized carbons (Fsp3) is 0.625. The first-order valence-electron chi connectivity index (χ1n) is 3.40. The summed E-state index contributed by atoms with van der Waals surface area (Å²) >= 11 is 0. The van der Waals surface area contributed by atoms with Crippen molar-refractivity contribution in [1.29, 1.82) is 0 Å². The Morgan fingerprint density at radius 1 is 1.50 bits per heavy atom. The van der Waals surface area contributed by atoms with Crippen LogP contribution >= 0.6 is 0 Å². The minimum atomic E-state index is -0.207. The molecule has 0 saturated carbocycles. The van der Waals surface area contributed by atoms with Gasteiger partial charge in [0.25, 0.3) is 0 Å². The molecule has 0 spiro atoms. The zero-order chi connectivity index (χ0) is 7.98. The molecule has 0 saturated heterocycles. The molecular formula is C8H14O2. The van der Waals surface area contributed by atoms with Crippen molar-refractivity contribution in [3.05, 3.63) is 12.2 Å². The van der Waals surface area contributed by atoms with Gasteiger partial charge in [-0.25, -0.2) is 0 Å². The fourth-order valence-electron chi connectivity index (χ4n) is 0.590. The van der Waals surface area contributed by atoms with Crippen molar-refractivity contribution in [2.75, 3.05) is 6.61 Å². The van der Waals surface area contributed by atoms with Gasteiger partial charge in [-0.05, 0) is 19.8 Å². The predicted octanol–water partition coefficient (Wildman–Crippen LogP) is 1.91. The third-order valence-electron chi connectivity index (χ3n) is 1.05. The van der Waals surface area contributed by atoms with Crippen molar-refractivity contribution in [2.24, 2.45) is 0 Å². The highest BCUT2D eigenvalue weighted by Crippen LogP contribution is 1.99. The molecule has 0 bridgehead atoms. The fourth-order valence-corrected chi connectivity index (χ4v) is 0.590. The summed E-state index contributed by atoms with van der Waals surface area (Å²) in [6, 6.07) is 0. The van der Waals surface area contributed by atoms with Gasteiger partial charge in [0.2, 0.25) is 0 Å². The summed E-state index contributed by atoms with van der Waals surface area (Å²) < 4.78 is 4.71. The second kappa shape index (κ2) is 5.03. The SMILES string of the molecule is C=C(C)CCCOC(C)=O. The first-order valence-corrected chi connectivity index (χ1v) is 3.40. The van der Waals surface area contributed by atoms with E-state index in [-0.39, 0.29) is 5.97 Å². The van der Waals surface area contributed by atoms with E-state index >= 15 is 0 Å². The topological polar surface area (TPSA) is 26.3 Å². The Morgan fingerprint density at radius 3 is 2.50 bits per heavy atom. The average molecular weight is 142 g/mol. The van der Waals surface area contributed by atoms with Gasteiger partial charge in [0.05, 0.1) is 6.61 Å². The molecule has 0 aliphatic heterocycles. The normalized spacial score (nSPS) is 9.00. The zero-order valence-electron chi connectivity index (χ0n) is 6.64. The Balaban J connectivity index is 3.06. The molecule has 0 aromatic rings. The van der Waals surface area contributed by atoms with Crippen LogP contribution in [0, 0.1) is 0 Å². The maximum atomic E-state index is 10.2. The quantitative estimate of drug-likeness (QED) is 0.340. The van der Waals surface area contributed by atoms with Crippen LogP contribution in [0.2, 0.25) is 0 Å². The number of hydrogen-bond donors (Lipinski definition) is 0. The van der Waals surface area contributed by atoms with E-state index in [1.165, 1.54) is 6.92 Å². The minimum Gasteiger partial charge on any atom is -0.466 e. The summed E-state index contributed by atoms with van der Waals surface area (Å²) in [5.41, 5.74) is 1.13. The van der Waals surface area contributed by atoms with Gasteiger partial charge in [0.1, 0.15) is 0 Å². The molecule has 0 aliphatic rings. The van der Waals surface area contributed by atoms with Crippen molar-refractivity contribution in [1.82, 2.24) is 0 Å². The minimum absolute atomic E-state index is 0.207. The molecule has 0 atom stereocenters. The van der Waals surface area contributed by atoms with Crippen LogP contribution in [0.1, 0.15) is 26.7 Å². The van der Waals surface area contributed by atoms with Crippen molar-refractivity contribution in [3.63, 3.8) is 0 Å². The van der Waals surface area contributed by atoms with Crippen LogP contribution in [0.4, 0.5) is 0 Å². The molecule has 0 heterocycles. The van der Waals surface area contributed by atoms with Gasteiger partial charge in [-0.3, -0.25) is 4.79 Å². The molecule has 0 rings (SSSR count). The van der Waals surface area contributed by atoms with Crippen molar-refractivity contribution >= 4 is 5.97 Å². The summed E-state index contributed by atoms with van der Waals surface area (Å²) in [5.74, 6) is -0.207. The van der Waals surface area contributed by atoms with Gasteiger partial charge in [0, 0.05) is 6.92 Å². The molecule has 0 amide bonds. The predicted molar refractivity (Wildman–Crippen MR) is 40.7 cm³/mol. The second-order valence-corrected chi connectivity index (χ2v) is 2.40. The highest BCUT2D eigenvalue weighted by atomic mass is 16.5. The third-order valence-corrected chi connectivity index (χ3v) is 1.05. The molecule has 0 fully saturated rings. The first kappa shape index (κ1) is 9.21. The van der Waals surface area contributed by atoms with Crippen LogP contribution in [0.3, 0.4) is 0 Å². The van der Waals surface area contributed by atoms with Crippen molar-refractivity contribution < 1.29 is 9.53 Å². The Kier molecular flexibility index (Phi) is 4.63. The molecule has 0 unspecified atom stereocenters. The Hall–Kier alpha value is -0.790. The van der Waals surface area contributed by atoms with Gasteiger partial charge in [-0.15, -0.1) is 6.58 Å². The average Bonchev–Trinajstić information content (AvgIpc) is 1.79. The van der Waals surface area contributed by atoms with E-state index in [1.54, 1.807) is 0 Å². The highest BCUT2D eigenvalue weighted by molar-refractivity contribution is 5.65. The lowest BCUT2D eigenvalue weighted by Gasteiger charge is -2.00. The molecular weight excluding hydrogens is 128 g/mol. The van der Waals surface area contributed by atoms with Crippen LogP contribution in [0.5, 0.6) is 0 Å². The Bertz CT molecular complexity index is 111. The van der Waals surface area contributed by atoms with Crippen LogP contribution in [0.25, 0.3) is 0 Å². The molecule has 2 heteroatoms. The van der Waals surface area contributed by atoms with E-state index in [9.17, 15) is 4.79 Å². The lowest BCUT2D eigenvalue weighted by atomic mass is 10.2. The number of rotatable bonds is 4. The van der Waals surface area contributed by atoms with Gasteiger partial charge in [-0.2, -0.15) is 0 Å². The van der Waals surface area contributed by atoms with Gasteiger partial charge < -0.3 is 4.74 Å². The van der Waals surface area contributed by atoms with Gasteiger partial charge in [-0.1, -0.05) is 5.57 Å². The standard InChI is InChI=1S/C8H14O2/c1-7(2)5-4-6-10-8(3)9/h1,4-6H2,2-3H3. The molecule has 0 N–H and O–H groups in total. The molecule has 0 aromatic heterocycles. The van der Waals surface area contributed by atoms with Crippen LogP contribution < -0.4 is 0 Å². The smallest absolute Gasteiger partial charge is 0.302 e. The number of allylic oxidation sites excluding steroid dienone is 1. The first-order chi connectivity index (χ1) is 4.63. The van der Waals surface area contributed by atoms with Crippen molar-refractivity contribution in [3.8, 4) is 0 Å². The number of hydrogen-bond acceptors (Lipinski definition) is 2. The largest absolute Gasteiger partial charge is 0.466 e. The van der Waals surface area contributed by atoms with E-state index in [0.717, 1.165) is 18.4 Å². The highest BCUT2D eigenvalue weighted by Gasteiger charge is 1.91. The number of carbonyl (C=O) groups excluding carboxylic acids is 1. The van der Waals surface area contributed by atoms with E-state index in [0.29, 0.717) is 6.61 Å². The number of esters is 1. The summed E-state index contributed by atoms with van der Waals surface area (Å²) in [6.07, 6.45) is 1.82. The Morgan fingerprint density at radius 2 is 2.10 bits per heavy atom. The molecule has 0 radical (unpaired) electrons. The molecule has 0 aliphatic carbocycles. The Labute approximate surface area is 61.9 Å². The van der Waals surface area contributed by atoms with Crippen LogP contribution in [0.15, 0.2) is 12.2 Å². The van der Waals surface area contributed by atoms with E-state index in [4.69, 9.17) is 4.74 Å². The number of carbonyl (C=O) groups is 1. The van der Waals surface area contributed by atoms with Gasteiger partial charge in [0.15, 0.2) is 0 Å². The van der Waals surface area contributed by atoms with Crippen molar-refractivity contribution in [2.45, 2.75) is 26.7 Å². The summed E-state index contributed by atoms with van der Waals surface area (Å²) in [5, 5.41) is 0. The summed E-state index contributed by atoms with van der Waals surface area (Å²) in [6.45, 7) is 7.63.